The van der Waals surface area contributed by atoms with Crippen molar-refractivity contribution in [2.45, 2.75) is 19.4 Å². The number of piperazine rings is 1. The van der Waals surface area contributed by atoms with E-state index in [0.717, 1.165) is 32.7 Å². The second-order valence-electron chi connectivity index (χ2n) is 7.55. The van der Waals surface area contributed by atoms with Crippen molar-refractivity contribution in [2.75, 3.05) is 32.7 Å². The Morgan fingerprint density at radius 3 is 2.00 bits per heavy atom. The molecule has 0 bridgehead atoms. The van der Waals surface area contributed by atoms with Crippen LogP contribution in [0.3, 0.4) is 0 Å². The fourth-order valence-electron chi connectivity index (χ4n) is 3.99. The van der Waals surface area contributed by atoms with E-state index in [1.165, 1.54) is 10.5 Å². The lowest BCUT2D eigenvalue weighted by Gasteiger charge is -2.35. The number of nitrogens with zero attached hydrogens (tertiary/aromatic N) is 3. The number of imide groups is 1. The Balaban J connectivity index is 1.21. The summed E-state index contributed by atoms with van der Waals surface area (Å²) in [7, 11) is 0. The van der Waals surface area contributed by atoms with Gasteiger partial charge in [-0.25, -0.2) is 0 Å². The van der Waals surface area contributed by atoms with Crippen molar-refractivity contribution in [3.05, 3.63) is 71.3 Å². The number of carbonyl (C=O) groups excluding carboxylic acids is 3. The standard InChI is InChI=1S/C23H25N3O3/c27-21(25-15-13-24(14-16-25)17-18-7-2-1-3-8-18)11-6-12-26-22(28)19-9-4-5-10-20(19)23(26)29/h1-5,7-10H,6,11-17H2. The van der Waals surface area contributed by atoms with Gasteiger partial charge in [-0.1, -0.05) is 42.5 Å². The van der Waals surface area contributed by atoms with Crippen LogP contribution in [-0.4, -0.2) is 65.1 Å². The molecule has 3 amide bonds. The van der Waals surface area contributed by atoms with Gasteiger partial charge in [0.15, 0.2) is 0 Å². The van der Waals surface area contributed by atoms with Gasteiger partial charge in [-0.2, -0.15) is 0 Å². The molecule has 0 unspecified atom stereocenters. The fraction of sp³-hybridized carbons (Fsp3) is 0.348. The first-order valence-electron chi connectivity index (χ1n) is 10.1. The van der Waals surface area contributed by atoms with E-state index in [2.05, 4.69) is 17.0 Å². The van der Waals surface area contributed by atoms with Gasteiger partial charge in [-0.15, -0.1) is 0 Å². The van der Waals surface area contributed by atoms with Crippen LogP contribution in [0.15, 0.2) is 54.6 Å². The second-order valence-corrected chi connectivity index (χ2v) is 7.55. The summed E-state index contributed by atoms with van der Waals surface area (Å²) in [5, 5.41) is 0. The number of fused-ring (bicyclic) bond motifs is 1. The maximum atomic E-state index is 12.5. The van der Waals surface area contributed by atoms with Crippen LogP contribution in [0.1, 0.15) is 39.1 Å². The monoisotopic (exact) mass is 391 g/mol. The zero-order valence-corrected chi connectivity index (χ0v) is 16.4. The van der Waals surface area contributed by atoms with Gasteiger partial charge >= 0.3 is 0 Å². The minimum Gasteiger partial charge on any atom is -0.340 e. The molecule has 0 aliphatic carbocycles. The Morgan fingerprint density at radius 1 is 0.793 bits per heavy atom. The molecule has 0 N–H and O–H groups in total. The highest BCUT2D eigenvalue weighted by atomic mass is 16.2. The molecule has 1 fully saturated rings. The number of rotatable bonds is 6. The average molecular weight is 391 g/mol. The number of hydrogen-bond acceptors (Lipinski definition) is 4. The Labute approximate surface area is 170 Å². The highest BCUT2D eigenvalue weighted by Gasteiger charge is 2.34. The van der Waals surface area contributed by atoms with Crippen LogP contribution in [-0.2, 0) is 11.3 Å². The molecule has 0 saturated carbocycles. The van der Waals surface area contributed by atoms with E-state index in [4.69, 9.17) is 0 Å². The van der Waals surface area contributed by atoms with Crippen molar-refractivity contribution in [3.8, 4) is 0 Å². The Kier molecular flexibility index (Phi) is 5.71. The van der Waals surface area contributed by atoms with Crippen LogP contribution in [0.5, 0.6) is 0 Å². The molecule has 1 saturated heterocycles. The number of benzene rings is 2. The predicted octanol–water partition coefficient (Wildman–Crippen LogP) is 2.41. The van der Waals surface area contributed by atoms with Crippen LogP contribution in [0.25, 0.3) is 0 Å². The SMILES string of the molecule is O=C(CCCN1C(=O)c2ccccc2C1=O)N1CCN(Cc2ccccc2)CC1. The summed E-state index contributed by atoms with van der Waals surface area (Å²) >= 11 is 0. The highest BCUT2D eigenvalue weighted by molar-refractivity contribution is 6.21. The lowest BCUT2D eigenvalue weighted by Crippen LogP contribution is -2.48. The van der Waals surface area contributed by atoms with Gasteiger partial charge in [0.2, 0.25) is 5.91 Å². The van der Waals surface area contributed by atoms with E-state index in [-0.39, 0.29) is 24.3 Å². The molecule has 2 heterocycles. The van der Waals surface area contributed by atoms with Gasteiger partial charge in [0.05, 0.1) is 11.1 Å². The number of amides is 3. The first-order valence-corrected chi connectivity index (χ1v) is 10.1. The molecule has 6 nitrogen and oxygen atoms in total. The molecule has 29 heavy (non-hydrogen) atoms. The molecule has 2 aliphatic rings. The molecule has 0 spiro atoms. The van der Waals surface area contributed by atoms with Gasteiger partial charge in [-0.3, -0.25) is 24.2 Å². The van der Waals surface area contributed by atoms with E-state index in [9.17, 15) is 14.4 Å². The molecule has 0 radical (unpaired) electrons. The molecule has 2 aromatic carbocycles. The zero-order chi connectivity index (χ0) is 20.2. The quantitative estimate of drug-likeness (QED) is 0.710. The maximum Gasteiger partial charge on any atom is 0.261 e. The van der Waals surface area contributed by atoms with Crippen LogP contribution >= 0.6 is 0 Å². The van der Waals surface area contributed by atoms with Gasteiger partial charge in [-0.05, 0) is 24.1 Å². The van der Waals surface area contributed by atoms with E-state index in [1.54, 1.807) is 24.3 Å². The zero-order valence-electron chi connectivity index (χ0n) is 16.4. The molecule has 4 rings (SSSR count). The van der Waals surface area contributed by atoms with Crippen LogP contribution in [0.4, 0.5) is 0 Å². The minimum atomic E-state index is -0.257. The van der Waals surface area contributed by atoms with E-state index in [1.807, 2.05) is 23.1 Å². The number of hydrogen-bond donors (Lipinski definition) is 0. The predicted molar refractivity (Wildman–Crippen MR) is 109 cm³/mol. The Morgan fingerprint density at radius 2 is 1.38 bits per heavy atom. The summed E-state index contributed by atoms with van der Waals surface area (Å²) in [6.07, 6.45) is 0.848. The third-order valence-electron chi connectivity index (χ3n) is 5.62. The molecular formula is C23H25N3O3. The van der Waals surface area contributed by atoms with Crippen LogP contribution in [0, 0.1) is 0 Å². The topological polar surface area (TPSA) is 60.9 Å². The molecule has 6 heteroatoms. The number of carbonyl (C=O) groups is 3. The lowest BCUT2D eigenvalue weighted by molar-refractivity contribution is -0.133. The van der Waals surface area contributed by atoms with Gasteiger partial charge < -0.3 is 4.90 Å². The van der Waals surface area contributed by atoms with E-state index in [0.29, 0.717) is 24.0 Å². The summed E-state index contributed by atoms with van der Waals surface area (Å²) in [6, 6.07) is 17.2. The summed E-state index contributed by atoms with van der Waals surface area (Å²) in [5.41, 5.74) is 2.20. The van der Waals surface area contributed by atoms with Crippen molar-refractivity contribution in [3.63, 3.8) is 0 Å². The smallest absolute Gasteiger partial charge is 0.261 e. The molecule has 150 valence electrons. The molecule has 2 aromatic rings. The molecule has 0 atom stereocenters. The fourth-order valence-corrected chi connectivity index (χ4v) is 3.99. The van der Waals surface area contributed by atoms with Crippen molar-refractivity contribution < 1.29 is 14.4 Å². The second kappa shape index (κ2) is 8.57. The minimum absolute atomic E-state index is 0.0981. The Hall–Kier alpha value is -2.99. The summed E-state index contributed by atoms with van der Waals surface area (Å²) < 4.78 is 0. The lowest BCUT2D eigenvalue weighted by atomic mass is 10.1. The van der Waals surface area contributed by atoms with Crippen LogP contribution in [0.2, 0.25) is 0 Å². The average Bonchev–Trinajstić information content (AvgIpc) is 3.00. The summed E-state index contributed by atoms with van der Waals surface area (Å²) in [6.45, 7) is 4.35. The third-order valence-corrected chi connectivity index (χ3v) is 5.62. The summed E-state index contributed by atoms with van der Waals surface area (Å²) in [5.74, 6) is -0.416. The maximum absolute atomic E-state index is 12.5. The van der Waals surface area contributed by atoms with Crippen molar-refractivity contribution in [1.82, 2.24) is 14.7 Å². The van der Waals surface area contributed by atoms with Crippen molar-refractivity contribution in [2.24, 2.45) is 0 Å². The highest BCUT2D eigenvalue weighted by Crippen LogP contribution is 2.22. The largest absolute Gasteiger partial charge is 0.340 e. The first-order chi connectivity index (χ1) is 14.1. The van der Waals surface area contributed by atoms with Gasteiger partial charge in [0.25, 0.3) is 11.8 Å². The summed E-state index contributed by atoms with van der Waals surface area (Å²) in [4.78, 5) is 42.8. The molecular weight excluding hydrogens is 366 g/mol. The van der Waals surface area contributed by atoms with Crippen molar-refractivity contribution in [1.29, 1.82) is 0 Å². The molecule has 2 aliphatic heterocycles. The normalized spacial score (nSPS) is 17.0. The van der Waals surface area contributed by atoms with Gasteiger partial charge in [0.1, 0.15) is 0 Å². The Bertz CT molecular complexity index is 870. The first kappa shape index (κ1) is 19.3. The third kappa shape index (κ3) is 4.22. The van der Waals surface area contributed by atoms with Crippen LogP contribution < -0.4 is 0 Å². The molecule has 0 aromatic heterocycles. The van der Waals surface area contributed by atoms with Crippen molar-refractivity contribution >= 4 is 17.7 Å². The van der Waals surface area contributed by atoms with E-state index < -0.39 is 0 Å². The van der Waals surface area contributed by atoms with Gasteiger partial charge in [0, 0.05) is 45.7 Å². The van der Waals surface area contributed by atoms with E-state index >= 15 is 0 Å².